The summed E-state index contributed by atoms with van der Waals surface area (Å²) in [5, 5.41) is 6.32. The van der Waals surface area contributed by atoms with Crippen LogP contribution in [0.15, 0.2) is 53.6 Å². The molecule has 0 aliphatic carbocycles. The molecule has 1 aliphatic heterocycles. The Labute approximate surface area is 141 Å². The van der Waals surface area contributed by atoms with Crippen LogP contribution < -0.4 is 16.6 Å². The third-order valence-corrected chi connectivity index (χ3v) is 4.08. The van der Waals surface area contributed by atoms with E-state index in [1.807, 2.05) is 12.1 Å². The number of nitrogens with one attached hydrogen (secondary N) is 1. The van der Waals surface area contributed by atoms with Crippen molar-refractivity contribution in [1.29, 1.82) is 0 Å². The van der Waals surface area contributed by atoms with Crippen LogP contribution in [-0.2, 0) is 6.54 Å². The van der Waals surface area contributed by atoms with Crippen molar-refractivity contribution < 1.29 is 9.59 Å². The molecule has 3 aromatic rings. The summed E-state index contributed by atoms with van der Waals surface area (Å²) >= 11 is 0. The molecule has 0 saturated carbocycles. The molecule has 0 unspecified atom stereocenters. The summed E-state index contributed by atoms with van der Waals surface area (Å²) in [6.45, 7) is 0.428. The first kappa shape index (κ1) is 14.9. The van der Waals surface area contributed by atoms with Gasteiger partial charge in [0, 0.05) is 18.5 Å². The van der Waals surface area contributed by atoms with Crippen LogP contribution in [0.5, 0.6) is 0 Å². The molecule has 4 rings (SSSR count). The van der Waals surface area contributed by atoms with Crippen molar-refractivity contribution in [1.82, 2.24) is 19.7 Å². The highest BCUT2D eigenvalue weighted by Gasteiger charge is 2.32. The molecule has 3 N–H and O–H groups in total. The normalized spacial score (nSPS) is 13.0. The second-order valence-corrected chi connectivity index (χ2v) is 5.61. The Morgan fingerprint density at radius 1 is 1.08 bits per heavy atom. The Bertz CT molecular complexity index is 1070. The van der Waals surface area contributed by atoms with Crippen LogP contribution in [0.4, 0.5) is 5.82 Å². The number of rotatable bonds is 3. The first-order valence-corrected chi connectivity index (χ1v) is 7.53. The Kier molecular flexibility index (Phi) is 3.24. The lowest BCUT2D eigenvalue weighted by molar-refractivity contribution is 0.0880. The minimum atomic E-state index is -0.610. The number of fused-ring (bicyclic) bond motifs is 1. The number of hydrogen-bond acceptors (Lipinski definition) is 5. The van der Waals surface area contributed by atoms with E-state index >= 15 is 0 Å². The van der Waals surface area contributed by atoms with E-state index in [1.54, 1.807) is 35.3 Å². The number of carbonyl (C=O) groups is 2. The van der Waals surface area contributed by atoms with Gasteiger partial charge >= 0.3 is 0 Å². The molecule has 124 valence electrons. The molecule has 0 radical (unpaired) electrons. The molecular formula is C17H13N5O3. The molecule has 0 fully saturated rings. The molecule has 0 atom stereocenters. The number of nitrogen functional groups attached to an aromatic ring is 1. The van der Waals surface area contributed by atoms with Gasteiger partial charge < -0.3 is 5.73 Å². The topological polar surface area (TPSA) is 112 Å². The van der Waals surface area contributed by atoms with E-state index in [4.69, 9.17) is 5.73 Å². The van der Waals surface area contributed by atoms with Gasteiger partial charge in [-0.15, -0.1) is 0 Å². The molecule has 2 amide bonds. The highest BCUT2D eigenvalue weighted by molar-refractivity contribution is 6.23. The van der Waals surface area contributed by atoms with E-state index < -0.39 is 17.4 Å². The summed E-state index contributed by atoms with van der Waals surface area (Å²) < 4.78 is 2.96. The monoisotopic (exact) mass is 335 g/mol. The SMILES string of the molecule is Nc1c2c(cc(=O)n1-c1ccccc1Cn1cccn1)C(=O)NC2=O. The number of nitrogens with two attached hydrogens (primary N) is 1. The summed E-state index contributed by atoms with van der Waals surface area (Å²) in [6, 6.07) is 10.1. The van der Waals surface area contributed by atoms with E-state index in [1.165, 1.54) is 4.57 Å². The van der Waals surface area contributed by atoms with Crippen molar-refractivity contribution in [2.45, 2.75) is 6.54 Å². The number of pyridine rings is 1. The number of hydrogen-bond donors (Lipinski definition) is 2. The number of anilines is 1. The Balaban J connectivity index is 1.92. The molecule has 0 saturated heterocycles. The first-order chi connectivity index (χ1) is 12.1. The third kappa shape index (κ3) is 2.31. The average Bonchev–Trinajstić information content (AvgIpc) is 3.17. The number of aromatic nitrogens is 3. The summed E-state index contributed by atoms with van der Waals surface area (Å²) in [4.78, 5) is 36.3. The molecule has 8 heteroatoms. The Morgan fingerprint density at radius 2 is 1.88 bits per heavy atom. The van der Waals surface area contributed by atoms with Crippen molar-refractivity contribution in [3.63, 3.8) is 0 Å². The van der Waals surface area contributed by atoms with Crippen LogP contribution in [0.25, 0.3) is 5.69 Å². The predicted molar refractivity (Wildman–Crippen MR) is 89.6 cm³/mol. The van der Waals surface area contributed by atoms with Gasteiger partial charge in [-0.25, -0.2) is 0 Å². The number of para-hydroxylation sites is 1. The molecular weight excluding hydrogens is 322 g/mol. The molecule has 8 nitrogen and oxygen atoms in total. The maximum atomic E-state index is 12.6. The number of nitrogens with zero attached hydrogens (tertiary/aromatic N) is 3. The van der Waals surface area contributed by atoms with Crippen molar-refractivity contribution >= 4 is 17.6 Å². The standard InChI is InChI=1S/C17H13N5O3/c18-15-14-11(16(24)20-17(14)25)8-13(23)22(15)12-5-2-1-4-10(12)9-21-7-3-6-19-21/h1-8H,9,18H2,(H,20,24,25). The van der Waals surface area contributed by atoms with Crippen LogP contribution in [0.1, 0.15) is 26.3 Å². The van der Waals surface area contributed by atoms with Crippen LogP contribution in [-0.4, -0.2) is 26.2 Å². The summed E-state index contributed by atoms with van der Waals surface area (Å²) in [5.74, 6) is -1.27. The lowest BCUT2D eigenvalue weighted by Gasteiger charge is -2.15. The maximum absolute atomic E-state index is 12.6. The van der Waals surface area contributed by atoms with Crippen molar-refractivity contribution in [2.24, 2.45) is 0 Å². The van der Waals surface area contributed by atoms with E-state index in [-0.39, 0.29) is 16.9 Å². The van der Waals surface area contributed by atoms with Crippen molar-refractivity contribution in [3.05, 3.63) is 75.8 Å². The zero-order valence-electron chi connectivity index (χ0n) is 13.0. The smallest absolute Gasteiger partial charge is 0.262 e. The zero-order chi connectivity index (χ0) is 17.6. The molecule has 2 aromatic heterocycles. The van der Waals surface area contributed by atoms with E-state index in [0.29, 0.717) is 12.2 Å². The van der Waals surface area contributed by atoms with Gasteiger partial charge in [0.05, 0.1) is 23.4 Å². The van der Waals surface area contributed by atoms with Crippen LogP contribution in [0.2, 0.25) is 0 Å². The number of benzene rings is 1. The lowest BCUT2D eigenvalue weighted by Crippen LogP contribution is -2.25. The summed E-state index contributed by atoms with van der Waals surface area (Å²) in [7, 11) is 0. The van der Waals surface area contributed by atoms with Crippen LogP contribution >= 0.6 is 0 Å². The van der Waals surface area contributed by atoms with Gasteiger partial charge in [0.15, 0.2) is 0 Å². The largest absolute Gasteiger partial charge is 0.384 e. The Hall–Kier alpha value is -3.68. The van der Waals surface area contributed by atoms with Gasteiger partial charge in [-0.3, -0.25) is 28.9 Å². The minimum Gasteiger partial charge on any atom is -0.384 e. The quantitative estimate of drug-likeness (QED) is 0.679. The van der Waals surface area contributed by atoms with Gasteiger partial charge in [-0.2, -0.15) is 5.10 Å². The summed E-state index contributed by atoms with van der Waals surface area (Å²) in [5.41, 5.74) is 6.98. The van der Waals surface area contributed by atoms with E-state index in [2.05, 4.69) is 10.4 Å². The maximum Gasteiger partial charge on any atom is 0.262 e. The third-order valence-electron chi connectivity index (χ3n) is 4.08. The highest BCUT2D eigenvalue weighted by atomic mass is 16.2. The van der Waals surface area contributed by atoms with E-state index in [9.17, 15) is 14.4 Å². The number of carbonyl (C=O) groups excluding carboxylic acids is 2. The first-order valence-electron chi connectivity index (χ1n) is 7.53. The Morgan fingerprint density at radius 3 is 2.64 bits per heavy atom. The fourth-order valence-electron chi connectivity index (χ4n) is 2.96. The molecule has 1 aromatic carbocycles. The molecule has 0 bridgehead atoms. The average molecular weight is 335 g/mol. The van der Waals surface area contributed by atoms with Crippen molar-refractivity contribution in [2.75, 3.05) is 5.73 Å². The molecule has 3 heterocycles. The molecule has 25 heavy (non-hydrogen) atoms. The zero-order valence-corrected chi connectivity index (χ0v) is 13.0. The van der Waals surface area contributed by atoms with Gasteiger partial charge in [0.25, 0.3) is 17.4 Å². The fourth-order valence-corrected chi connectivity index (χ4v) is 2.96. The fraction of sp³-hybridized carbons (Fsp3) is 0.0588. The van der Waals surface area contributed by atoms with Gasteiger partial charge in [-0.1, -0.05) is 18.2 Å². The van der Waals surface area contributed by atoms with E-state index in [0.717, 1.165) is 11.6 Å². The van der Waals surface area contributed by atoms with Crippen LogP contribution in [0.3, 0.4) is 0 Å². The second-order valence-electron chi connectivity index (χ2n) is 5.61. The summed E-state index contributed by atoms with van der Waals surface area (Å²) in [6.07, 6.45) is 3.46. The predicted octanol–water partition coefficient (Wildman–Crippen LogP) is 0.548. The molecule has 0 spiro atoms. The van der Waals surface area contributed by atoms with Crippen molar-refractivity contribution in [3.8, 4) is 5.69 Å². The number of amides is 2. The van der Waals surface area contributed by atoms with Gasteiger partial charge in [-0.05, 0) is 17.7 Å². The van der Waals surface area contributed by atoms with Gasteiger partial charge in [0.1, 0.15) is 5.82 Å². The van der Waals surface area contributed by atoms with Crippen LogP contribution in [0, 0.1) is 0 Å². The van der Waals surface area contributed by atoms with Gasteiger partial charge in [0.2, 0.25) is 0 Å². The molecule has 1 aliphatic rings. The lowest BCUT2D eigenvalue weighted by atomic mass is 10.1. The minimum absolute atomic E-state index is 0.00769. The second kappa shape index (κ2) is 5.45. The highest BCUT2D eigenvalue weighted by Crippen LogP contribution is 2.24. The number of imide groups is 1.